The maximum atomic E-state index is 4.71. The number of para-hydroxylation sites is 1. The first-order valence-electron chi connectivity index (χ1n) is 10.1. The molecule has 3 aromatic carbocycles. The summed E-state index contributed by atoms with van der Waals surface area (Å²) in [4.78, 5) is 4.71. The van der Waals surface area contributed by atoms with Gasteiger partial charge in [-0.3, -0.25) is 4.57 Å². The third-order valence-corrected chi connectivity index (χ3v) is 5.62. The van der Waals surface area contributed by atoms with Crippen molar-refractivity contribution in [1.29, 1.82) is 0 Å². The van der Waals surface area contributed by atoms with Crippen LogP contribution in [0.1, 0.15) is 26.3 Å². The van der Waals surface area contributed by atoms with Gasteiger partial charge in [0.25, 0.3) is 0 Å². The third-order valence-electron chi connectivity index (χ3n) is 5.62. The van der Waals surface area contributed by atoms with E-state index in [2.05, 4.69) is 104 Å². The van der Waals surface area contributed by atoms with Crippen LogP contribution in [0.2, 0.25) is 0 Å². The fraction of sp³-hybridized carbons (Fsp3) is 0.148. The van der Waals surface area contributed by atoms with Crippen LogP contribution in [-0.2, 0) is 5.41 Å². The molecule has 2 aromatic heterocycles. The van der Waals surface area contributed by atoms with Crippen LogP contribution in [0.5, 0.6) is 0 Å². The number of rotatable bonds is 2. The van der Waals surface area contributed by atoms with Gasteiger partial charge < -0.3 is 0 Å². The van der Waals surface area contributed by atoms with Crippen LogP contribution in [0.25, 0.3) is 38.8 Å². The topological polar surface area (TPSA) is 17.8 Å². The summed E-state index contributed by atoms with van der Waals surface area (Å²) in [5.41, 5.74) is 6.26. The molecular weight excluding hydrogens is 352 g/mol. The minimum absolute atomic E-state index is 0.0852. The molecule has 0 aliphatic rings. The van der Waals surface area contributed by atoms with E-state index in [-0.39, 0.29) is 5.41 Å². The molecule has 0 radical (unpaired) electrons. The number of hydrogen-bond acceptors (Lipinski definition) is 1. The Labute approximate surface area is 171 Å². The SMILES string of the molecule is CC(C)(C)c1ccc2c3cccc(-c4ccccc4)c3n(-c3ccccn3)c2c1. The van der Waals surface area contributed by atoms with Crippen LogP contribution < -0.4 is 0 Å². The Morgan fingerprint density at radius 3 is 2.24 bits per heavy atom. The van der Waals surface area contributed by atoms with Gasteiger partial charge in [0, 0.05) is 22.5 Å². The fourth-order valence-electron chi connectivity index (χ4n) is 4.11. The summed E-state index contributed by atoms with van der Waals surface area (Å²) in [5, 5.41) is 2.52. The zero-order chi connectivity index (χ0) is 20.0. The Morgan fingerprint density at radius 1 is 0.724 bits per heavy atom. The molecule has 0 spiro atoms. The van der Waals surface area contributed by atoms with Crippen LogP contribution in [0.4, 0.5) is 0 Å². The molecule has 0 N–H and O–H groups in total. The highest BCUT2D eigenvalue weighted by Crippen LogP contribution is 2.39. The molecule has 0 amide bonds. The lowest BCUT2D eigenvalue weighted by molar-refractivity contribution is 0.591. The molecule has 0 saturated carbocycles. The van der Waals surface area contributed by atoms with Gasteiger partial charge in [-0.25, -0.2) is 4.98 Å². The minimum atomic E-state index is 0.0852. The lowest BCUT2D eigenvalue weighted by atomic mass is 9.86. The molecule has 142 valence electrons. The summed E-state index contributed by atoms with van der Waals surface area (Å²) in [6.07, 6.45) is 1.87. The number of hydrogen-bond donors (Lipinski definition) is 0. The molecule has 5 aromatic rings. The van der Waals surface area contributed by atoms with Crippen molar-refractivity contribution in [2.75, 3.05) is 0 Å². The van der Waals surface area contributed by atoms with Crippen molar-refractivity contribution < 1.29 is 0 Å². The number of nitrogens with zero attached hydrogens (tertiary/aromatic N) is 2. The van der Waals surface area contributed by atoms with E-state index in [1.807, 2.05) is 12.3 Å². The van der Waals surface area contributed by atoms with Crippen molar-refractivity contribution in [2.24, 2.45) is 0 Å². The zero-order valence-electron chi connectivity index (χ0n) is 17.1. The second-order valence-electron chi connectivity index (χ2n) is 8.57. The summed E-state index contributed by atoms with van der Waals surface area (Å²) in [5.74, 6) is 0.946. The molecule has 0 bridgehead atoms. The van der Waals surface area contributed by atoms with E-state index in [4.69, 9.17) is 4.98 Å². The highest BCUT2D eigenvalue weighted by Gasteiger charge is 2.20. The first-order valence-corrected chi connectivity index (χ1v) is 10.1. The molecule has 2 heterocycles. The van der Waals surface area contributed by atoms with Gasteiger partial charge in [0.1, 0.15) is 5.82 Å². The number of fused-ring (bicyclic) bond motifs is 3. The standard InChI is InChI=1S/C27H24N2/c1-27(2,3)20-15-16-22-23-13-9-12-21(19-10-5-4-6-11-19)26(23)29(24(22)18-20)25-14-7-8-17-28-25/h4-18H,1-3H3. The zero-order valence-corrected chi connectivity index (χ0v) is 17.1. The average Bonchev–Trinajstić information content (AvgIpc) is 3.08. The Balaban J connectivity index is 1.96. The van der Waals surface area contributed by atoms with Crippen LogP contribution >= 0.6 is 0 Å². The van der Waals surface area contributed by atoms with E-state index < -0.39 is 0 Å². The summed E-state index contributed by atoms with van der Waals surface area (Å²) in [6.45, 7) is 6.78. The molecule has 5 rings (SSSR count). The molecular formula is C27H24N2. The third kappa shape index (κ3) is 2.92. The Morgan fingerprint density at radius 2 is 1.52 bits per heavy atom. The smallest absolute Gasteiger partial charge is 0.137 e. The Kier molecular flexibility index (Phi) is 4.02. The van der Waals surface area contributed by atoms with E-state index in [0.717, 1.165) is 5.82 Å². The van der Waals surface area contributed by atoms with Gasteiger partial charge in [0.2, 0.25) is 0 Å². The first kappa shape index (κ1) is 17.7. The first-order chi connectivity index (χ1) is 14.0. The molecule has 0 unspecified atom stereocenters. The van der Waals surface area contributed by atoms with E-state index in [0.29, 0.717) is 0 Å². The van der Waals surface area contributed by atoms with Crippen molar-refractivity contribution in [3.05, 3.63) is 96.7 Å². The van der Waals surface area contributed by atoms with Crippen molar-refractivity contribution in [1.82, 2.24) is 9.55 Å². The number of aromatic nitrogens is 2. The molecule has 2 nitrogen and oxygen atoms in total. The van der Waals surface area contributed by atoms with Gasteiger partial charge in [-0.15, -0.1) is 0 Å². The van der Waals surface area contributed by atoms with Gasteiger partial charge in [-0.05, 0) is 34.7 Å². The second-order valence-corrected chi connectivity index (χ2v) is 8.57. The quantitative estimate of drug-likeness (QED) is 0.320. The molecule has 2 heteroatoms. The summed E-state index contributed by atoms with van der Waals surface area (Å²) in [6, 6.07) is 30.2. The van der Waals surface area contributed by atoms with Gasteiger partial charge in [0.15, 0.2) is 0 Å². The van der Waals surface area contributed by atoms with Gasteiger partial charge in [-0.1, -0.05) is 87.5 Å². The summed E-state index contributed by atoms with van der Waals surface area (Å²) in [7, 11) is 0. The van der Waals surface area contributed by atoms with E-state index in [1.54, 1.807) is 0 Å². The largest absolute Gasteiger partial charge is 0.293 e. The number of benzene rings is 3. The fourth-order valence-corrected chi connectivity index (χ4v) is 4.11. The van der Waals surface area contributed by atoms with Crippen LogP contribution in [-0.4, -0.2) is 9.55 Å². The summed E-state index contributed by atoms with van der Waals surface area (Å²) < 4.78 is 2.32. The second kappa shape index (κ2) is 6.59. The van der Waals surface area contributed by atoms with E-state index in [9.17, 15) is 0 Å². The molecule has 0 atom stereocenters. The molecule has 0 saturated heterocycles. The Bertz CT molecular complexity index is 1310. The molecule has 0 aliphatic heterocycles. The van der Waals surface area contributed by atoms with Crippen LogP contribution in [0.15, 0.2) is 91.1 Å². The highest BCUT2D eigenvalue weighted by atomic mass is 15.1. The van der Waals surface area contributed by atoms with Gasteiger partial charge >= 0.3 is 0 Å². The van der Waals surface area contributed by atoms with Crippen molar-refractivity contribution in [3.8, 4) is 16.9 Å². The average molecular weight is 377 g/mol. The van der Waals surface area contributed by atoms with Crippen LogP contribution in [0.3, 0.4) is 0 Å². The molecule has 0 fully saturated rings. The lowest BCUT2D eigenvalue weighted by Gasteiger charge is -2.19. The predicted octanol–water partition coefficient (Wildman–Crippen LogP) is 7.14. The lowest BCUT2D eigenvalue weighted by Crippen LogP contribution is -2.11. The molecule has 29 heavy (non-hydrogen) atoms. The van der Waals surface area contributed by atoms with Crippen molar-refractivity contribution in [2.45, 2.75) is 26.2 Å². The van der Waals surface area contributed by atoms with E-state index in [1.165, 1.54) is 38.5 Å². The predicted molar refractivity (Wildman–Crippen MR) is 123 cm³/mol. The normalized spacial score (nSPS) is 12.0. The Hall–Kier alpha value is -3.39. The van der Waals surface area contributed by atoms with Crippen molar-refractivity contribution >= 4 is 21.8 Å². The number of pyridine rings is 1. The summed E-state index contributed by atoms with van der Waals surface area (Å²) >= 11 is 0. The minimum Gasteiger partial charge on any atom is -0.293 e. The molecule has 0 aliphatic carbocycles. The van der Waals surface area contributed by atoms with Gasteiger partial charge in [0.05, 0.1) is 11.0 Å². The van der Waals surface area contributed by atoms with Crippen LogP contribution in [0, 0.1) is 0 Å². The van der Waals surface area contributed by atoms with E-state index >= 15 is 0 Å². The van der Waals surface area contributed by atoms with Crippen molar-refractivity contribution in [3.63, 3.8) is 0 Å². The van der Waals surface area contributed by atoms with Gasteiger partial charge in [-0.2, -0.15) is 0 Å². The maximum Gasteiger partial charge on any atom is 0.137 e. The monoisotopic (exact) mass is 376 g/mol. The highest BCUT2D eigenvalue weighted by molar-refractivity contribution is 6.13. The maximum absolute atomic E-state index is 4.71.